The molecule has 0 saturated heterocycles. The van der Waals surface area contributed by atoms with Crippen molar-refractivity contribution in [1.29, 1.82) is 0 Å². The van der Waals surface area contributed by atoms with Gasteiger partial charge in [-0.2, -0.15) is 0 Å². The number of hydrogen-bond acceptors (Lipinski definition) is 4. The number of imide groups is 1. The first kappa shape index (κ1) is 18.9. The van der Waals surface area contributed by atoms with E-state index >= 15 is 0 Å². The minimum atomic E-state index is -1.32. The summed E-state index contributed by atoms with van der Waals surface area (Å²) in [5, 5.41) is 11.1. The molecule has 2 aromatic rings. The Labute approximate surface area is 169 Å². The van der Waals surface area contributed by atoms with Crippen molar-refractivity contribution in [2.24, 2.45) is 0 Å². The average Bonchev–Trinajstić information content (AvgIpc) is 2.77. The minimum absolute atomic E-state index is 0. The van der Waals surface area contributed by atoms with Crippen LogP contribution in [0, 0.1) is 0 Å². The number of benzene rings is 2. The van der Waals surface area contributed by atoms with Gasteiger partial charge in [0.25, 0.3) is 11.8 Å². The third-order valence-corrected chi connectivity index (χ3v) is 4.23. The summed E-state index contributed by atoms with van der Waals surface area (Å²) in [5.74, 6) is -2.31. The molecule has 0 aliphatic carbocycles. The van der Waals surface area contributed by atoms with E-state index in [0.717, 1.165) is 4.90 Å². The van der Waals surface area contributed by atoms with Crippen LogP contribution in [0.25, 0.3) is 0 Å². The van der Waals surface area contributed by atoms with E-state index in [4.69, 9.17) is 0 Å². The largest absolute Gasteiger partial charge is 1.00 e. The van der Waals surface area contributed by atoms with Gasteiger partial charge in [0.2, 0.25) is 0 Å². The molecule has 0 bridgehead atoms. The molecule has 0 radical (unpaired) electrons. The molecule has 1 atom stereocenters. The number of amides is 2. The van der Waals surface area contributed by atoms with Crippen molar-refractivity contribution < 1.29 is 49.0 Å². The molecule has 1 heterocycles. The standard InChI is InChI=1S/C17H12BrNO4.Na/c18-11-6-7-12-13(8-11)17(23)19(16(12)22)14(9-15(20)21)10-4-2-1-3-5-10;/h1-8,14H,9H2,(H,20,21);/q;+1/p-1. The molecule has 7 heteroatoms. The predicted octanol–water partition coefficient (Wildman–Crippen LogP) is -1.07. The van der Waals surface area contributed by atoms with Gasteiger partial charge < -0.3 is 9.90 Å². The molecule has 2 amide bonds. The van der Waals surface area contributed by atoms with Gasteiger partial charge in [0.05, 0.1) is 17.2 Å². The van der Waals surface area contributed by atoms with E-state index < -0.39 is 30.2 Å². The third-order valence-electron chi connectivity index (χ3n) is 3.74. The van der Waals surface area contributed by atoms with Gasteiger partial charge in [-0.1, -0.05) is 46.3 Å². The molecule has 2 aromatic carbocycles. The van der Waals surface area contributed by atoms with Crippen molar-refractivity contribution in [3.63, 3.8) is 0 Å². The predicted molar refractivity (Wildman–Crippen MR) is 83.4 cm³/mol. The van der Waals surface area contributed by atoms with Crippen molar-refractivity contribution in [3.8, 4) is 0 Å². The number of carbonyl (C=O) groups excluding carboxylic acids is 3. The molecule has 3 rings (SSSR count). The van der Waals surface area contributed by atoms with E-state index in [1.54, 1.807) is 48.5 Å². The Balaban J connectivity index is 0.00000208. The van der Waals surface area contributed by atoms with Crippen molar-refractivity contribution in [3.05, 3.63) is 69.7 Å². The Kier molecular flexibility index (Phi) is 5.98. The van der Waals surface area contributed by atoms with Crippen LogP contribution < -0.4 is 34.7 Å². The van der Waals surface area contributed by atoms with Gasteiger partial charge in [0.15, 0.2) is 0 Å². The Morgan fingerprint density at radius 2 is 1.67 bits per heavy atom. The summed E-state index contributed by atoms with van der Waals surface area (Å²) in [6, 6.07) is 12.5. The minimum Gasteiger partial charge on any atom is -0.550 e. The number of rotatable bonds is 4. The molecular formula is C17H11BrNNaO4. The first-order valence-corrected chi connectivity index (χ1v) is 7.70. The maximum atomic E-state index is 12.6. The summed E-state index contributed by atoms with van der Waals surface area (Å²) in [5.41, 5.74) is 1.12. The Hall–Kier alpha value is -1.47. The van der Waals surface area contributed by atoms with Crippen molar-refractivity contribution in [1.82, 2.24) is 4.90 Å². The van der Waals surface area contributed by atoms with E-state index in [-0.39, 0.29) is 40.7 Å². The normalized spacial score (nSPS) is 14.1. The van der Waals surface area contributed by atoms with Crippen LogP contribution in [0.15, 0.2) is 53.0 Å². The third kappa shape index (κ3) is 3.47. The topological polar surface area (TPSA) is 77.5 Å². The fraction of sp³-hybridized carbons (Fsp3) is 0.118. The van der Waals surface area contributed by atoms with Crippen LogP contribution in [-0.4, -0.2) is 22.7 Å². The van der Waals surface area contributed by atoms with Crippen molar-refractivity contribution >= 4 is 33.7 Å². The monoisotopic (exact) mass is 395 g/mol. The van der Waals surface area contributed by atoms with Crippen LogP contribution in [-0.2, 0) is 4.79 Å². The van der Waals surface area contributed by atoms with E-state index in [2.05, 4.69) is 15.9 Å². The maximum Gasteiger partial charge on any atom is 1.00 e. The summed E-state index contributed by atoms with van der Waals surface area (Å²) in [7, 11) is 0. The Bertz CT molecular complexity index is 809. The van der Waals surface area contributed by atoms with E-state index in [0.29, 0.717) is 10.0 Å². The Morgan fingerprint density at radius 1 is 1.04 bits per heavy atom. The molecule has 24 heavy (non-hydrogen) atoms. The van der Waals surface area contributed by atoms with Gasteiger partial charge in [0.1, 0.15) is 0 Å². The number of halogens is 1. The van der Waals surface area contributed by atoms with Crippen LogP contribution >= 0.6 is 15.9 Å². The molecule has 0 aromatic heterocycles. The first-order chi connectivity index (χ1) is 11.0. The van der Waals surface area contributed by atoms with E-state index in [9.17, 15) is 19.5 Å². The van der Waals surface area contributed by atoms with Gasteiger partial charge in [-0.3, -0.25) is 14.5 Å². The van der Waals surface area contributed by atoms with Crippen LogP contribution in [0.1, 0.15) is 38.7 Å². The van der Waals surface area contributed by atoms with Crippen LogP contribution in [0.4, 0.5) is 0 Å². The summed E-state index contributed by atoms with van der Waals surface area (Å²) in [6.07, 6.45) is -0.448. The number of aliphatic carboxylic acids is 1. The number of carbonyl (C=O) groups is 3. The molecule has 0 spiro atoms. The second kappa shape index (κ2) is 7.61. The molecule has 1 unspecified atom stereocenters. The van der Waals surface area contributed by atoms with Crippen molar-refractivity contribution in [2.75, 3.05) is 0 Å². The average molecular weight is 396 g/mol. The molecule has 5 nitrogen and oxygen atoms in total. The first-order valence-electron chi connectivity index (χ1n) is 6.91. The molecule has 116 valence electrons. The number of hydrogen-bond donors (Lipinski definition) is 0. The number of nitrogens with zero attached hydrogens (tertiary/aromatic N) is 1. The van der Waals surface area contributed by atoms with Crippen molar-refractivity contribution in [2.45, 2.75) is 12.5 Å². The maximum absolute atomic E-state index is 12.6. The zero-order chi connectivity index (χ0) is 16.6. The van der Waals surface area contributed by atoms with Crippen LogP contribution in [0.3, 0.4) is 0 Å². The second-order valence-corrected chi connectivity index (χ2v) is 6.09. The van der Waals surface area contributed by atoms with Gasteiger partial charge in [-0.25, -0.2) is 0 Å². The molecule has 0 saturated carbocycles. The molecule has 0 fully saturated rings. The van der Waals surface area contributed by atoms with Gasteiger partial charge in [-0.05, 0) is 23.8 Å². The van der Waals surface area contributed by atoms with Crippen LogP contribution in [0.2, 0.25) is 0 Å². The quantitative estimate of drug-likeness (QED) is 0.487. The fourth-order valence-corrected chi connectivity index (χ4v) is 3.07. The smallest absolute Gasteiger partial charge is 0.550 e. The zero-order valence-electron chi connectivity index (χ0n) is 12.9. The van der Waals surface area contributed by atoms with Gasteiger partial charge in [0, 0.05) is 16.9 Å². The zero-order valence-corrected chi connectivity index (χ0v) is 16.4. The second-order valence-electron chi connectivity index (χ2n) is 5.17. The molecule has 1 aliphatic rings. The van der Waals surface area contributed by atoms with E-state index in [1.165, 1.54) is 0 Å². The van der Waals surface area contributed by atoms with Gasteiger partial charge >= 0.3 is 29.6 Å². The summed E-state index contributed by atoms with van der Waals surface area (Å²) >= 11 is 3.27. The molecule has 0 N–H and O–H groups in total. The summed E-state index contributed by atoms with van der Waals surface area (Å²) in [6.45, 7) is 0. The van der Waals surface area contributed by atoms with Gasteiger partial charge in [-0.15, -0.1) is 0 Å². The molecular weight excluding hydrogens is 385 g/mol. The van der Waals surface area contributed by atoms with Crippen LogP contribution in [0.5, 0.6) is 0 Å². The summed E-state index contributed by atoms with van der Waals surface area (Å²) < 4.78 is 0.676. The summed E-state index contributed by atoms with van der Waals surface area (Å²) in [4.78, 5) is 37.3. The SMILES string of the molecule is O=C([O-])CC(c1ccccc1)N1C(=O)c2ccc(Br)cc2C1=O.[Na+]. The number of fused-ring (bicyclic) bond motifs is 1. The molecule has 1 aliphatic heterocycles. The fourth-order valence-electron chi connectivity index (χ4n) is 2.71. The Morgan fingerprint density at radius 3 is 2.29 bits per heavy atom. The number of carboxylic acids is 1. The number of carboxylic acid groups (broad SMARTS) is 1. The van der Waals surface area contributed by atoms with E-state index in [1.807, 2.05) is 0 Å².